The van der Waals surface area contributed by atoms with Crippen LogP contribution in [0.15, 0.2) is 48.5 Å². The van der Waals surface area contributed by atoms with E-state index >= 15 is 0 Å². The summed E-state index contributed by atoms with van der Waals surface area (Å²) in [7, 11) is 0. The molecule has 0 bridgehead atoms. The van der Waals surface area contributed by atoms with Crippen LogP contribution in [0.1, 0.15) is 17.5 Å². The Kier molecular flexibility index (Phi) is 4.45. The number of aliphatic hydroxyl groups is 1. The van der Waals surface area contributed by atoms with E-state index in [0.717, 1.165) is 23.3 Å². The van der Waals surface area contributed by atoms with Gasteiger partial charge in [0.1, 0.15) is 0 Å². The second kappa shape index (κ2) is 6.09. The fraction of sp³-hybridized carbons (Fsp3) is 0.250. The van der Waals surface area contributed by atoms with Crippen LogP contribution in [0.5, 0.6) is 0 Å². The Morgan fingerprint density at radius 3 is 2.40 bits per heavy atom. The van der Waals surface area contributed by atoms with Gasteiger partial charge in [0.05, 0.1) is 5.56 Å². The highest BCUT2D eigenvalue weighted by atomic mass is 19.4. The van der Waals surface area contributed by atoms with Crippen LogP contribution in [0, 0.1) is 0 Å². The van der Waals surface area contributed by atoms with Crippen molar-refractivity contribution in [3.63, 3.8) is 0 Å². The average molecular weight is 280 g/mol. The van der Waals surface area contributed by atoms with Crippen molar-refractivity contribution in [1.82, 2.24) is 0 Å². The molecule has 0 heterocycles. The smallest absolute Gasteiger partial charge is 0.396 e. The van der Waals surface area contributed by atoms with Gasteiger partial charge in [0, 0.05) is 6.61 Å². The van der Waals surface area contributed by atoms with Crippen LogP contribution in [0.4, 0.5) is 13.2 Å². The first-order valence-electron chi connectivity index (χ1n) is 6.39. The quantitative estimate of drug-likeness (QED) is 0.885. The Morgan fingerprint density at radius 1 is 0.950 bits per heavy atom. The zero-order chi connectivity index (χ0) is 14.6. The molecule has 1 N–H and O–H groups in total. The highest BCUT2D eigenvalue weighted by Gasteiger charge is 2.30. The second-order valence-electron chi connectivity index (χ2n) is 4.56. The number of hydrogen-bond donors (Lipinski definition) is 1. The van der Waals surface area contributed by atoms with E-state index in [1.807, 2.05) is 18.2 Å². The minimum atomic E-state index is -4.34. The zero-order valence-corrected chi connectivity index (χ0v) is 10.8. The number of aliphatic hydroxyl groups excluding tert-OH is 1. The largest absolute Gasteiger partial charge is 0.416 e. The first-order chi connectivity index (χ1) is 9.52. The van der Waals surface area contributed by atoms with Gasteiger partial charge in [-0.05, 0) is 41.7 Å². The van der Waals surface area contributed by atoms with Crippen molar-refractivity contribution in [2.75, 3.05) is 6.61 Å². The first kappa shape index (κ1) is 14.6. The summed E-state index contributed by atoms with van der Waals surface area (Å²) in [6.07, 6.45) is -3.10. The van der Waals surface area contributed by atoms with Gasteiger partial charge < -0.3 is 5.11 Å². The van der Waals surface area contributed by atoms with Crippen LogP contribution in [0.3, 0.4) is 0 Å². The van der Waals surface area contributed by atoms with Gasteiger partial charge in [0.15, 0.2) is 0 Å². The molecule has 0 fully saturated rings. The summed E-state index contributed by atoms with van der Waals surface area (Å²) in [5.41, 5.74) is 1.63. The van der Waals surface area contributed by atoms with Gasteiger partial charge in [-0.3, -0.25) is 0 Å². The van der Waals surface area contributed by atoms with Gasteiger partial charge in [-0.25, -0.2) is 0 Å². The lowest BCUT2D eigenvalue weighted by Gasteiger charge is -2.12. The summed E-state index contributed by atoms with van der Waals surface area (Å²) >= 11 is 0. The highest BCUT2D eigenvalue weighted by Crippen LogP contribution is 2.33. The molecule has 0 amide bonds. The van der Waals surface area contributed by atoms with Gasteiger partial charge in [0.25, 0.3) is 0 Å². The Labute approximate surface area is 115 Å². The molecule has 0 aliphatic carbocycles. The average Bonchev–Trinajstić information content (AvgIpc) is 2.45. The monoisotopic (exact) mass is 280 g/mol. The summed E-state index contributed by atoms with van der Waals surface area (Å²) in [6, 6.07) is 12.7. The molecule has 0 radical (unpaired) electrons. The fourth-order valence-corrected chi connectivity index (χ4v) is 2.15. The summed E-state index contributed by atoms with van der Waals surface area (Å²) in [5.74, 6) is 0. The fourth-order valence-electron chi connectivity index (χ4n) is 2.15. The third-order valence-electron chi connectivity index (χ3n) is 3.12. The predicted molar refractivity (Wildman–Crippen MR) is 72.3 cm³/mol. The van der Waals surface area contributed by atoms with Crippen LogP contribution in [0.25, 0.3) is 11.1 Å². The van der Waals surface area contributed by atoms with E-state index in [2.05, 4.69) is 0 Å². The standard InChI is InChI=1S/C16H15F3O/c17-16(18,19)14-8-3-6-13(11-14)15-9-2-1-5-12(15)7-4-10-20/h1-3,5-6,8-9,11,20H,4,7,10H2. The Balaban J connectivity index is 2.41. The van der Waals surface area contributed by atoms with Crippen LogP contribution in [-0.4, -0.2) is 11.7 Å². The van der Waals surface area contributed by atoms with Crippen molar-refractivity contribution in [3.8, 4) is 11.1 Å². The van der Waals surface area contributed by atoms with Crippen molar-refractivity contribution in [1.29, 1.82) is 0 Å². The molecule has 0 saturated heterocycles. The lowest BCUT2D eigenvalue weighted by molar-refractivity contribution is -0.137. The molecule has 1 nitrogen and oxygen atoms in total. The zero-order valence-electron chi connectivity index (χ0n) is 10.8. The molecule has 0 spiro atoms. The number of benzene rings is 2. The maximum Gasteiger partial charge on any atom is 0.416 e. The molecule has 2 aromatic rings. The van der Waals surface area contributed by atoms with Crippen LogP contribution in [0.2, 0.25) is 0 Å². The third kappa shape index (κ3) is 3.39. The SMILES string of the molecule is OCCCc1ccccc1-c1cccc(C(F)(F)F)c1. The van der Waals surface area contributed by atoms with Gasteiger partial charge in [-0.1, -0.05) is 36.4 Å². The van der Waals surface area contributed by atoms with Gasteiger partial charge in [0.2, 0.25) is 0 Å². The minimum Gasteiger partial charge on any atom is -0.396 e. The molecule has 0 unspecified atom stereocenters. The van der Waals surface area contributed by atoms with Crippen molar-refractivity contribution in [2.45, 2.75) is 19.0 Å². The van der Waals surface area contributed by atoms with Crippen molar-refractivity contribution >= 4 is 0 Å². The molecule has 2 rings (SSSR count). The molecule has 20 heavy (non-hydrogen) atoms. The Bertz CT molecular complexity index is 576. The number of hydrogen-bond acceptors (Lipinski definition) is 1. The highest BCUT2D eigenvalue weighted by molar-refractivity contribution is 5.68. The maximum absolute atomic E-state index is 12.8. The van der Waals surface area contributed by atoms with E-state index in [-0.39, 0.29) is 6.61 Å². The molecule has 0 aliphatic heterocycles. The molecule has 0 saturated carbocycles. The van der Waals surface area contributed by atoms with E-state index in [1.54, 1.807) is 12.1 Å². The molecular formula is C16H15F3O. The topological polar surface area (TPSA) is 20.2 Å². The number of alkyl halides is 3. The van der Waals surface area contributed by atoms with E-state index in [0.29, 0.717) is 18.4 Å². The van der Waals surface area contributed by atoms with Crippen molar-refractivity contribution in [3.05, 3.63) is 59.7 Å². The lowest BCUT2D eigenvalue weighted by Crippen LogP contribution is -2.04. The molecule has 0 aliphatic rings. The number of halogens is 3. The lowest BCUT2D eigenvalue weighted by atomic mass is 9.95. The Hall–Kier alpha value is -1.81. The van der Waals surface area contributed by atoms with E-state index in [1.165, 1.54) is 6.07 Å². The van der Waals surface area contributed by atoms with Crippen LogP contribution < -0.4 is 0 Å². The maximum atomic E-state index is 12.8. The van der Waals surface area contributed by atoms with Crippen molar-refractivity contribution < 1.29 is 18.3 Å². The number of aryl methyl sites for hydroxylation is 1. The van der Waals surface area contributed by atoms with E-state index < -0.39 is 11.7 Å². The molecule has 0 aromatic heterocycles. The van der Waals surface area contributed by atoms with E-state index in [4.69, 9.17) is 5.11 Å². The summed E-state index contributed by atoms with van der Waals surface area (Å²) < 4.78 is 38.3. The predicted octanol–water partition coefficient (Wildman–Crippen LogP) is 4.30. The molecule has 0 atom stereocenters. The summed E-state index contributed by atoms with van der Waals surface area (Å²) in [4.78, 5) is 0. The van der Waals surface area contributed by atoms with Crippen LogP contribution >= 0.6 is 0 Å². The summed E-state index contributed by atoms with van der Waals surface area (Å²) in [5, 5.41) is 8.89. The third-order valence-corrected chi connectivity index (χ3v) is 3.12. The Morgan fingerprint density at radius 2 is 1.70 bits per heavy atom. The van der Waals surface area contributed by atoms with Gasteiger partial charge in [-0.2, -0.15) is 13.2 Å². The van der Waals surface area contributed by atoms with Crippen molar-refractivity contribution in [2.24, 2.45) is 0 Å². The molecule has 2 aromatic carbocycles. The second-order valence-corrected chi connectivity index (χ2v) is 4.56. The molecule has 106 valence electrons. The van der Waals surface area contributed by atoms with Crippen LogP contribution in [-0.2, 0) is 12.6 Å². The minimum absolute atomic E-state index is 0.0664. The normalized spacial score (nSPS) is 11.6. The van der Waals surface area contributed by atoms with E-state index in [9.17, 15) is 13.2 Å². The molecular weight excluding hydrogens is 265 g/mol. The first-order valence-corrected chi connectivity index (χ1v) is 6.39. The van der Waals surface area contributed by atoms with Gasteiger partial charge >= 0.3 is 6.18 Å². The number of rotatable bonds is 4. The summed E-state index contributed by atoms with van der Waals surface area (Å²) in [6.45, 7) is 0.0664. The van der Waals surface area contributed by atoms with Gasteiger partial charge in [-0.15, -0.1) is 0 Å². The molecule has 4 heteroatoms.